The van der Waals surface area contributed by atoms with E-state index >= 15 is 0 Å². The van der Waals surface area contributed by atoms with E-state index in [1.54, 1.807) is 36.4 Å². The second-order valence-corrected chi connectivity index (χ2v) is 5.57. The Morgan fingerprint density at radius 2 is 1.83 bits per heavy atom. The van der Waals surface area contributed by atoms with Crippen LogP contribution in [0, 0.1) is 23.1 Å². The van der Waals surface area contributed by atoms with Gasteiger partial charge in [0.05, 0.1) is 29.9 Å². The van der Waals surface area contributed by atoms with E-state index in [2.05, 4.69) is 11.2 Å². The molecule has 1 N–H and O–H groups in total. The average molecular weight is 309 g/mol. The van der Waals surface area contributed by atoms with Crippen LogP contribution >= 0.6 is 0 Å². The van der Waals surface area contributed by atoms with Crippen molar-refractivity contribution in [3.8, 4) is 11.8 Å². The van der Waals surface area contributed by atoms with Crippen molar-refractivity contribution >= 4 is 11.4 Å². The minimum Gasteiger partial charge on any atom is -0.508 e. The molecule has 4 nitrogen and oxygen atoms in total. The first-order chi connectivity index (χ1) is 11.1. The van der Waals surface area contributed by atoms with Gasteiger partial charge >= 0.3 is 0 Å². The second kappa shape index (κ2) is 6.09. The Kier molecular flexibility index (Phi) is 3.98. The van der Waals surface area contributed by atoms with Gasteiger partial charge in [-0.2, -0.15) is 10.4 Å². The van der Waals surface area contributed by atoms with Crippen LogP contribution in [-0.2, 0) is 0 Å². The molecule has 0 aromatic heterocycles. The highest BCUT2D eigenvalue weighted by molar-refractivity contribution is 6.04. The van der Waals surface area contributed by atoms with Crippen molar-refractivity contribution in [2.75, 3.05) is 5.01 Å². The van der Waals surface area contributed by atoms with E-state index in [4.69, 9.17) is 5.26 Å². The number of hydrazone groups is 1. The lowest BCUT2D eigenvalue weighted by Crippen LogP contribution is -2.31. The van der Waals surface area contributed by atoms with Crippen LogP contribution in [0.1, 0.15) is 18.9 Å². The van der Waals surface area contributed by atoms with Gasteiger partial charge in [0.25, 0.3) is 0 Å². The molecule has 0 spiro atoms. The van der Waals surface area contributed by atoms with Gasteiger partial charge in [-0.25, -0.2) is 4.39 Å². The predicted molar refractivity (Wildman–Crippen MR) is 86.7 cm³/mol. The summed E-state index contributed by atoms with van der Waals surface area (Å²) in [5.41, 5.74) is 2.49. The van der Waals surface area contributed by atoms with E-state index in [0.29, 0.717) is 6.42 Å². The number of benzene rings is 2. The highest BCUT2D eigenvalue weighted by atomic mass is 19.1. The van der Waals surface area contributed by atoms with Gasteiger partial charge in [0.2, 0.25) is 0 Å². The third-order valence-corrected chi connectivity index (χ3v) is 4.09. The van der Waals surface area contributed by atoms with Crippen LogP contribution in [0.25, 0.3) is 0 Å². The largest absolute Gasteiger partial charge is 0.508 e. The molecule has 2 aromatic rings. The van der Waals surface area contributed by atoms with Crippen molar-refractivity contribution in [3.05, 3.63) is 59.9 Å². The van der Waals surface area contributed by atoms with Crippen molar-refractivity contribution in [2.24, 2.45) is 11.0 Å². The van der Waals surface area contributed by atoms with Crippen LogP contribution in [0.15, 0.2) is 53.6 Å². The van der Waals surface area contributed by atoms with Gasteiger partial charge in [0.1, 0.15) is 11.6 Å². The molecule has 116 valence electrons. The molecule has 0 saturated heterocycles. The normalized spacial score (nSPS) is 20.2. The molecule has 3 rings (SSSR count). The monoisotopic (exact) mass is 309 g/mol. The smallest absolute Gasteiger partial charge is 0.123 e. The number of nitrogens with zero attached hydrogens (tertiary/aromatic N) is 3. The fraction of sp³-hybridized carbons (Fsp3) is 0.222. The zero-order valence-corrected chi connectivity index (χ0v) is 12.6. The van der Waals surface area contributed by atoms with Crippen molar-refractivity contribution in [1.82, 2.24) is 0 Å². The molecule has 0 bridgehead atoms. The lowest BCUT2D eigenvalue weighted by molar-refractivity contribution is 0.475. The second-order valence-electron chi connectivity index (χ2n) is 5.57. The summed E-state index contributed by atoms with van der Waals surface area (Å²) in [6, 6.07) is 15.1. The number of hydrogen-bond donors (Lipinski definition) is 1. The minimum atomic E-state index is -0.288. The number of phenolic OH excluding ortho intramolecular Hbond substituents is 1. The number of hydrogen-bond acceptors (Lipinski definition) is 4. The van der Waals surface area contributed by atoms with Gasteiger partial charge < -0.3 is 5.11 Å². The Morgan fingerprint density at radius 3 is 2.43 bits per heavy atom. The molecule has 0 aliphatic carbocycles. The summed E-state index contributed by atoms with van der Waals surface area (Å²) in [5, 5.41) is 25.0. The summed E-state index contributed by atoms with van der Waals surface area (Å²) in [7, 11) is 0. The van der Waals surface area contributed by atoms with E-state index in [-0.39, 0.29) is 23.5 Å². The van der Waals surface area contributed by atoms with E-state index in [9.17, 15) is 9.50 Å². The van der Waals surface area contributed by atoms with Gasteiger partial charge in [-0.05, 0) is 42.0 Å². The molecule has 0 radical (unpaired) electrons. The van der Waals surface area contributed by atoms with Gasteiger partial charge in [-0.15, -0.1) is 0 Å². The molecular formula is C18H16FN3O. The predicted octanol–water partition coefficient (Wildman–Crippen LogP) is 3.67. The number of halogens is 1. The summed E-state index contributed by atoms with van der Waals surface area (Å²) in [5.74, 6) is -0.0709. The molecular weight excluding hydrogens is 293 g/mol. The fourth-order valence-corrected chi connectivity index (χ4v) is 2.83. The summed E-state index contributed by atoms with van der Waals surface area (Å²) in [6.45, 7) is 2.02. The van der Waals surface area contributed by atoms with Gasteiger partial charge in [0, 0.05) is 5.92 Å². The Labute approximate surface area is 134 Å². The first-order valence-electron chi connectivity index (χ1n) is 7.40. The van der Waals surface area contributed by atoms with Gasteiger partial charge in [-0.3, -0.25) is 5.01 Å². The Bertz CT molecular complexity index is 762. The highest BCUT2D eigenvalue weighted by Gasteiger charge is 2.35. The lowest BCUT2D eigenvalue weighted by atomic mass is 9.91. The van der Waals surface area contributed by atoms with Crippen LogP contribution in [0.3, 0.4) is 0 Å². The first kappa shape index (κ1) is 15.0. The van der Waals surface area contributed by atoms with Crippen LogP contribution in [0.2, 0.25) is 0 Å². The van der Waals surface area contributed by atoms with Crippen LogP contribution in [0.4, 0.5) is 10.1 Å². The summed E-state index contributed by atoms with van der Waals surface area (Å²) >= 11 is 0. The third kappa shape index (κ3) is 2.88. The number of rotatable bonds is 3. The third-order valence-electron chi connectivity index (χ3n) is 4.09. The average Bonchev–Trinajstić information content (AvgIpc) is 2.87. The maximum absolute atomic E-state index is 13.1. The van der Waals surface area contributed by atoms with E-state index < -0.39 is 0 Å². The van der Waals surface area contributed by atoms with Crippen LogP contribution < -0.4 is 5.01 Å². The maximum Gasteiger partial charge on any atom is 0.123 e. The Balaban J connectivity index is 2.00. The van der Waals surface area contributed by atoms with Gasteiger partial charge in [-0.1, -0.05) is 19.1 Å². The molecule has 2 aromatic carbocycles. The lowest BCUT2D eigenvalue weighted by Gasteiger charge is -2.24. The van der Waals surface area contributed by atoms with E-state index in [1.165, 1.54) is 12.1 Å². The van der Waals surface area contributed by atoms with Gasteiger partial charge in [0.15, 0.2) is 0 Å². The quantitative estimate of drug-likeness (QED) is 0.941. The summed E-state index contributed by atoms with van der Waals surface area (Å²) in [6.07, 6.45) is 0.330. The van der Waals surface area contributed by atoms with Crippen LogP contribution in [0.5, 0.6) is 5.75 Å². The Hall–Kier alpha value is -2.87. The fourth-order valence-electron chi connectivity index (χ4n) is 2.83. The Morgan fingerprint density at radius 1 is 1.17 bits per heavy atom. The number of anilines is 1. The number of phenols is 1. The first-order valence-corrected chi connectivity index (χ1v) is 7.40. The minimum absolute atomic E-state index is 0.0360. The maximum atomic E-state index is 13.1. The number of aromatic hydroxyl groups is 1. The molecule has 2 atom stereocenters. The van der Waals surface area contributed by atoms with Crippen LogP contribution in [-0.4, -0.2) is 16.9 Å². The molecule has 5 heteroatoms. The molecule has 1 aliphatic heterocycles. The molecule has 23 heavy (non-hydrogen) atoms. The molecule has 0 fully saturated rings. The summed E-state index contributed by atoms with van der Waals surface area (Å²) < 4.78 is 13.1. The van der Waals surface area contributed by atoms with Crippen molar-refractivity contribution in [1.29, 1.82) is 5.26 Å². The van der Waals surface area contributed by atoms with Crippen molar-refractivity contribution < 1.29 is 9.50 Å². The highest BCUT2D eigenvalue weighted by Crippen LogP contribution is 2.33. The van der Waals surface area contributed by atoms with E-state index in [1.807, 2.05) is 11.9 Å². The number of nitriles is 1. The molecule has 0 saturated carbocycles. The molecule has 0 amide bonds. The molecule has 1 aliphatic rings. The zero-order valence-electron chi connectivity index (χ0n) is 12.6. The van der Waals surface area contributed by atoms with Crippen molar-refractivity contribution in [3.63, 3.8) is 0 Å². The van der Waals surface area contributed by atoms with Crippen molar-refractivity contribution in [2.45, 2.75) is 19.4 Å². The molecule has 2 unspecified atom stereocenters. The summed E-state index contributed by atoms with van der Waals surface area (Å²) in [4.78, 5) is 0. The molecule has 1 heterocycles. The topological polar surface area (TPSA) is 59.6 Å². The standard InChI is InChI=1S/C18H16FN3O/c1-12-17(10-11-20)22(15-6-8-16(23)9-7-15)21-18(12)13-2-4-14(19)5-3-13/h2-9,12,17,23H,10H2,1H3. The zero-order chi connectivity index (χ0) is 16.4. The SMILES string of the molecule is CC1C(c2ccc(F)cc2)=NN(c2ccc(O)cc2)C1CC#N. The van der Waals surface area contributed by atoms with E-state index in [0.717, 1.165) is 17.0 Å².